The van der Waals surface area contributed by atoms with Crippen molar-refractivity contribution in [3.8, 4) is 10.4 Å². The van der Waals surface area contributed by atoms with Gasteiger partial charge in [0.15, 0.2) is 0 Å². The molecule has 3 aromatic heterocycles. The molecule has 1 aliphatic heterocycles. The van der Waals surface area contributed by atoms with Gasteiger partial charge in [-0.2, -0.15) is 4.39 Å². The number of aliphatic hydroxyl groups is 2. The Bertz CT molecular complexity index is 1750. The lowest BCUT2D eigenvalue weighted by Crippen LogP contribution is -2.50. The average Bonchev–Trinajstić information content (AvgIpc) is 3.66. The Morgan fingerprint density at radius 1 is 1.28 bits per heavy atom. The van der Waals surface area contributed by atoms with Gasteiger partial charge in [-0.15, -0.1) is 16.4 Å². The van der Waals surface area contributed by atoms with E-state index in [4.69, 9.17) is 17.3 Å². The first-order chi connectivity index (χ1) is 20.4. The third-order valence-corrected chi connectivity index (χ3v) is 9.65. The highest BCUT2D eigenvalue weighted by atomic mass is 35.5. The van der Waals surface area contributed by atoms with Crippen LogP contribution in [-0.4, -0.2) is 71.5 Å². The van der Waals surface area contributed by atoms with Gasteiger partial charge in [-0.3, -0.25) is 18.8 Å². The molecule has 3 atom stereocenters. The predicted octanol–water partition coefficient (Wildman–Crippen LogP) is 3.28. The summed E-state index contributed by atoms with van der Waals surface area (Å²) in [4.78, 5) is 32.8. The van der Waals surface area contributed by atoms with E-state index >= 15 is 0 Å². The van der Waals surface area contributed by atoms with E-state index in [2.05, 4.69) is 10.1 Å². The molecule has 1 fully saturated rings. The Balaban J connectivity index is 1.15. The number of fused-ring (bicyclic) bond motifs is 2. The molecule has 0 spiro atoms. The van der Waals surface area contributed by atoms with Gasteiger partial charge >= 0.3 is 0 Å². The maximum Gasteiger partial charge on any atom is 0.262 e. The minimum atomic E-state index is -2.93. The zero-order valence-electron chi connectivity index (χ0n) is 22.7. The molecular formula is C28H28ClF3N6O4S. The summed E-state index contributed by atoms with van der Waals surface area (Å²) in [5.74, 6) is -1.48. The second kappa shape index (κ2) is 11.3. The van der Waals surface area contributed by atoms with Crippen LogP contribution in [0.3, 0.4) is 0 Å². The van der Waals surface area contributed by atoms with Gasteiger partial charge < -0.3 is 20.8 Å². The molecule has 4 aromatic rings. The molecule has 228 valence electrons. The predicted molar refractivity (Wildman–Crippen MR) is 154 cm³/mol. The first kappa shape index (κ1) is 29.8. The van der Waals surface area contributed by atoms with Gasteiger partial charge in [0.2, 0.25) is 11.9 Å². The zero-order valence-corrected chi connectivity index (χ0v) is 24.2. The van der Waals surface area contributed by atoms with Crippen LogP contribution in [0, 0.1) is 5.95 Å². The monoisotopic (exact) mass is 636 g/mol. The Morgan fingerprint density at radius 2 is 2.02 bits per heavy atom. The van der Waals surface area contributed by atoms with Gasteiger partial charge in [0.25, 0.3) is 12.0 Å². The van der Waals surface area contributed by atoms with E-state index in [1.165, 1.54) is 27.1 Å². The summed E-state index contributed by atoms with van der Waals surface area (Å²) < 4.78 is 42.5. The van der Waals surface area contributed by atoms with Crippen LogP contribution in [-0.2, 0) is 17.8 Å². The van der Waals surface area contributed by atoms with E-state index < -0.39 is 48.5 Å². The van der Waals surface area contributed by atoms with Crippen LogP contribution < -0.4 is 11.3 Å². The number of hydrogen-bond acceptors (Lipinski definition) is 8. The molecule has 43 heavy (non-hydrogen) atoms. The Hall–Kier alpha value is -3.30. The number of carbonyl (C=O) groups excluding carboxylic acids is 1. The van der Waals surface area contributed by atoms with E-state index in [0.29, 0.717) is 38.4 Å². The van der Waals surface area contributed by atoms with E-state index in [1.54, 1.807) is 11.4 Å². The third-order valence-electron chi connectivity index (χ3n) is 8.34. The van der Waals surface area contributed by atoms with Gasteiger partial charge in [0.05, 0.1) is 46.8 Å². The lowest BCUT2D eigenvalue weighted by atomic mass is 9.91. The number of carbonyl (C=O) groups is 1. The summed E-state index contributed by atoms with van der Waals surface area (Å²) in [6.45, 7) is 0.130. The number of amides is 1. The second-order valence-electron chi connectivity index (χ2n) is 11.2. The second-order valence-corrected chi connectivity index (χ2v) is 12.5. The van der Waals surface area contributed by atoms with E-state index in [1.807, 2.05) is 6.07 Å². The van der Waals surface area contributed by atoms with Crippen LogP contribution in [0.5, 0.6) is 0 Å². The topological polar surface area (TPSA) is 140 Å². The van der Waals surface area contributed by atoms with Gasteiger partial charge in [-0.1, -0.05) is 11.6 Å². The average molecular weight is 637 g/mol. The van der Waals surface area contributed by atoms with E-state index in [0.717, 1.165) is 22.5 Å². The lowest BCUT2D eigenvalue weighted by molar-refractivity contribution is -0.138. The van der Waals surface area contributed by atoms with Crippen LogP contribution in [0.1, 0.15) is 42.5 Å². The Morgan fingerprint density at radius 3 is 2.70 bits per heavy atom. The van der Waals surface area contributed by atoms with Crippen molar-refractivity contribution in [1.29, 1.82) is 0 Å². The minimum absolute atomic E-state index is 0.0659. The van der Waals surface area contributed by atoms with Gasteiger partial charge in [0, 0.05) is 47.4 Å². The smallest absolute Gasteiger partial charge is 0.262 e. The molecule has 1 aliphatic carbocycles. The number of halogens is 4. The number of thiophene rings is 1. The number of alkyl halides is 2. The first-order valence-corrected chi connectivity index (χ1v) is 14.9. The van der Waals surface area contributed by atoms with Crippen LogP contribution >= 0.6 is 22.9 Å². The van der Waals surface area contributed by atoms with E-state index in [-0.39, 0.29) is 38.0 Å². The van der Waals surface area contributed by atoms with Crippen molar-refractivity contribution < 1.29 is 28.2 Å². The molecule has 4 heterocycles. The number of aliphatic hydroxyl groups excluding tert-OH is 1. The van der Waals surface area contributed by atoms with E-state index in [9.17, 15) is 33.0 Å². The van der Waals surface area contributed by atoms with Crippen molar-refractivity contribution in [2.45, 2.75) is 62.4 Å². The SMILES string of the molecule is NC1Cc2cc(-c3scc4c(=O)n(CC5(O)CCN(C(=O)CC(C(F)F)n6ccc(F)n6)CC5)cnc34)c(Cl)cc2C1O. The van der Waals surface area contributed by atoms with Crippen molar-refractivity contribution in [3.63, 3.8) is 0 Å². The molecule has 0 bridgehead atoms. The third kappa shape index (κ3) is 5.57. The number of nitrogens with zero attached hydrogens (tertiary/aromatic N) is 5. The Labute approximate surface area is 252 Å². The summed E-state index contributed by atoms with van der Waals surface area (Å²) in [7, 11) is 0. The number of rotatable bonds is 7. The molecule has 0 radical (unpaired) electrons. The van der Waals surface area contributed by atoms with Gasteiger partial charge in [0.1, 0.15) is 6.04 Å². The molecule has 2 aliphatic rings. The minimum Gasteiger partial charge on any atom is -0.388 e. The number of likely N-dealkylation sites (tertiary alicyclic amines) is 1. The van der Waals surface area contributed by atoms with Crippen LogP contribution in [0.4, 0.5) is 13.2 Å². The highest BCUT2D eigenvalue weighted by Gasteiger charge is 2.37. The molecule has 4 N–H and O–H groups in total. The molecule has 15 heteroatoms. The molecule has 1 amide bonds. The molecule has 6 rings (SSSR count). The number of aromatic nitrogens is 4. The van der Waals surface area contributed by atoms with Gasteiger partial charge in [-0.05, 0) is 42.5 Å². The van der Waals surface area contributed by atoms with Crippen molar-refractivity contribution in [1.82, 2.24) is 24.2 Å². The quantitative estimate of drug-likeness (QED) is 0.283. The molecule has 10 nitrogen and oxygen atoms in total. The maximum atomic E-state index is 13.6. The fourth-order valence-electron chi connectivity index (χ4n) is 5.88. The first-order valence-electron chi connectivity index (χ1n) is 13.7. The largest absolute Gasteiger partial charge is 0.388 e. The molecular weight excluding hydrogens is 609 g/mol. The van der Waals surface area contributed by atoms with Crippen molar-refractivity contribution in [2.75, 3.05) is 13.1 Å². The number of nitrogens with two attached hydrogens (primary N) is 1. The normalized spacial score (nSPS) is 20.6. The molecule has 1 saturated heterocycles. The highest BCUT2D eigenvalue weighted by molar-refractivity contribution is 7.15. The number of hydrogen-bond donors (Lipinski definition) is 3. The highest BCUT2D eigenvalue weighted by Crippen LogP contribution is 2.42. The van der Waals surface area contributed by atoms with Crippen LogP contribution in [0.25, 0.3) is 21.3 Å². The van der Waals surface area contributed by atoms with Crippen molar-refractivity contribution in [3.05, 3.63) is 68.6 Å². The standard InChI is InChI=1S/C28H28ClF3N6O4S/c29-18-9-15-14(8-19(33)24(15)40)7-16(18)25-23-17(11-43-25)27(41)37(13-34-23)12-28(42)2-5-36(6-3-28)22(39)10-20(26(31)32)38-4-1-21(30)35-38/h1,4,7,9,11,13,19-20,24,26,40,42H,2-3,5-6,8,10,12,33H2. The number of benzene rings is 1. The molecule has 1 aromatic carbocycles. The van der Waals surface area contributed by atoms with Crippen molar-refractivity contribution in [2.24, 2.45) is 5.73 Å². The van der Waals surface area contributed by atoms with Gasteiger partial charge in [-0.25, -0.2) is 13.8 Å². The Kier molecular flexibility index (Phi) is 7.84. The fourth-order valence-corrected chi connectivity index (χ4v) is 7.22. The summed E-state index contributed by atoms with van der Waals surface area (Å²) in [5.41, 5.74) is 7.07. The lowest BCUT2D eigenvalue weighted by Gasteiger charge is -2.38. The molecule has 3 unspecified atom stereocenters. The fraction of sp³-hybridized carbons (Fsp3) is 0.429. The zero-order chi connectivity index (χ0) is 30.6. The number of piperidine rings is 1. The summed E-state index contributed by atoms with van der Waals surface area (Å²) in [5, 5.41) is 27.4. The summed E-state index contributed by atoms with van der Waals surface area (Å²) >= 11 is 7.88. The molecule has 0 saturated carbocycles. The summed E-state index contributed by atoms with van der Waals surface area (Å²) in [6, 6.07) is 2.50. The maximum absolute atomic E-state index is 13.6. The van der Waals surface area contributed by atoms with Crippen LogP contribution in [0.2, 0.25) is 5.02 Å². The van der Waals surface area contributed by atoms with Crippen molar-refractivity contribution >= 4 is 39.7 Å². The van der Waals surface area contributed by atoms with Crippen LogP contribution in [0.15, 0.2) is 40.9 Å². The summed E-state index contributed by atoms with van der Waals surface area (Å²) in [6.07, 6.45) is -1.11.